The van der Waals surface area contributed by atoms with E-state index in [2.05, 4.69) is 29.2 Å². The Morgan fingerprint density at radius 2 is 1.74 bits per heavy atom. The molecular weight excluding hydrogens is 287 g/mol. The lowest BCUT2D eigenvalue weighted by atomic mass is 10.0. The fraction of sp³-hybridized carbons (Fsp3) is 0.350. The molecule has 23 heavy (non-hydrogen) atoms. The van der Waals surface area contributed by atoms with Crippen LogP contribution in [-0.2, 0) is 6.42 Å². The van der Waals surface area contributed by atoms with Crippen molar-refractivity contribution in [3.05, 3.63) is 58.9 Å². The Kier molecular flexibility index (Phi) is 3.64. The second-order valence-corrected chi connectivity index (χ2v) is 6.56. The molecule has 0 radical (unpaired) electrons. The summed E-state index contributed by atoms with van der Waals surface area (Å²) in [6.45, 7) is 4.10. The Labute approximate surface area is 136 Å². The summed E-state index contributed by atoms with van der Waals surface area (Å²) in [5, 5.41) is 0. The predicted molar refractivity (Wildman–Crippen MR) is 93.5 cm³/mol. The number of fused-ring (bicyclic) bond motifs is 1. The maximum absolute atomic E-state index is 13.7. The van der Waals surface area contributed by atoms with Crippen LogP contribution >= 0.6 is 0 Å². The molecule has 118 valence electrons. The van der Waals surface area contributed by atoms with Crippen molar-refractivity contribution in [3.8, 4) is 0 Å². The zero-order valence-electron chi connectivity index (χ0n) is 13.5. The number of hydrogen-bond acceptors (Lipinski definition) is 2. The summed E-state index contributed by atoms with van der Waals surface area (Å²) < 4.78 is 13.7. The highest BCUT2D eigenvalue weighted by molar-refractivity contribution is 6.06. The van der Waals surface area contributed by atoms with E-state index in [1.54, 1.807) is 13.0 Å². The minimum atomic E-state index is -0.138. The van der Waals surface area contributed by atoms with Gasteiger partial charge in [0.1, 0.15) is 5.82 Å². The molecule has 0 bridgehead atoms. The smallest absolute Gasteiger partial charge is 0.126 e. The third-order valence-corrected chi connectivity index (χ3v) is 4.89. The number of anilines is 1. The second kappa shape index (κ2) is 5.80. The molecule has 3 heteroatoms. The summed E-state index contributed by atoms with van der Waals surface area (Å²) >= 11 is 0. The zero-order chi connectivity index (χ0) is 15.8. The van der Waals surface area contributed by atoms with E-state index in [4.69, 9.17) is 4.99 Å². The number of benzene rings is 2. The van der Waals surface area contributed by atoms with Gasteiger partial charge < -0.3 is 4.90 Å². The third-order valence-electron chi connectivity index (χ3n) is 4.89. The zero-order valence-corrected chi connectivity index (χ0v) is 13.5. The lowest BCUT2D eigenvalue weighted by molar-refractivity contribution is 0.578. The minimum absolute atomic E-state index is 0.138. The summed E-state index contributed by atoms with van der Waals surface area (Å²) in [4.78, 5) is 7.16. The Morgan fingerprint density at radius 3 is 2.48 bits per heavy atom. The molecule has 2 aromatic carbocycles. The average molecular weight is 308 g/mol. The van der Waals surface area contributed by atoms with Crippen LogP contribution in [0.3, 0.4) is 0 Å². The molecule has 2 heterocycles. The number of hydrogen-bond donors (Lipinski definition) is 0. The van der Waals surface area contributed by atoms with Crippen LogP contribution in [0.5, 0.6) is 0 Å². The summed E-state index contributed by atoms with van der Waals surface area (Å²) in [5.41, 5.74) is 6.04. The van der Waals surface area contributed by atoms with Gasteiger partial charge in [-0.15, -0.1) is 0 Å². The first-order chi connectivity index (χ1) is 11.2. The second-order valence-electron chi connectivity index (χ2n) is 6.56. The largest absolute Gasteiger partial charge is 0.372 e. The molecular formula is C20H21FN2. The molecule has 0 N–H and O–H groups in total. The van der Waals surface area contributed by atoms with E-state index in [-0.39, 0.29) is 5.82 Å². The SMILES string of the molecule is Cc1cc2c(cc1F)CC(c1ccc(N3CCCCC3)cc1)=N2. The van der Waals surface area contributed by atoms with Crippen LogP contribution in [0.25, 0.3) is 0 Å². The number of piperidine rings is 1. The molecule has 2 nitrogen and oxygen atoms in total. The summed E-state index contributed by atoms with van der Waals surface area (Å²) in [6, 6.07) is 12.2. The highest BCUT2D eigenvalue weighted by Gasteiger charge is 2.18. The van der Waals surface area contributed by atoms with Crippen LogP contribution in [0.15, 0.2) is 41.4 Å². The molecule has 0 unspecified atom stereocenters. The van der Waals surface area contributed by atoms with E-state index < -0.39 is 0 Å². The monoisotopic (exact) mass is 308 g/mol. The van der Waals surface area contributed by atoms with Crippen LogP contribution < -0.4 is 4.90 Å². The highest BCUT2D eigenvalue weighted by Crippen LogP contribution is 2.31. The van der Waals surface area contributed by atoms with E-state index in [0.29, 0.717) is 5.56 Å². The summed E-state index contributed by atoms with van der Waals surface area (Å²) in [7, 11) is 0. The fourth-order valence-electron chi connectivity index (χ4n) is 3.50. The van der Waals surface area contributed by atoms with Crippen molar-refractivity contribution in [2.45, 2.75) is 32.6 Å². The first kappa shape index (κ1) is 14.4. The van der Waals surface area contributed by atoms with Gasteiger partial charge in [0.05, 0.1) is 11.4 Å². The predicted octanol–water partition coefficient (Wildman–Crippen LogP) is 4.80. The average Bonchev–Trinajstić information content (AvgIpc) is 2.99. The molecule has 0 aliphatic carbocycles. The third kappa shape index (κ3) is 2.76. The molecule has 0 aromatic heterocycles. The van der Waals surface area contributed by atoms with Crippen LogP contribution in [0.2, 0.25) is 0 Å². The Balaban J connectivity index is 1.56. The molecule has 2 aromatic rings. The molecule has 0 spiro atoms. The summed E-state index contributed by atoms with van der Waals surface area (Å²) in [5.74, 6) is -0.138. The quantitative estimate of drug-likeness (QED) is 0.778. The van der Waals surface area contributed by atoms with Gasteiger partial charge >= 0.3 is 0 Å². The lowest BCUT2D eigenvalue weighted by Gasteiger charge is -2.28. The van der Waals surface area contributed by atoms with Gasteiger partial charge in [0.15, 0.2) is 0 Å². The minimum Gasteiger partial charge on any atom is -0.372 e. The van der Waals surface area contributed by atoms with Gasteiger partial charge in [-0.3, -0.25) is 4.99 Å². The van der Waals surface area contributed by atoms with E-state index in [1.807, 2.05) is 6.07 Å². The summed E-state index contributed by atoms with van der Waals surface area (Å²) in [6.07, 6.45) is 4.64. The van der Waals surface area contributed by atoms with E-state index >= 15 is 0 Å². The Bertz CT molecular complexity index is 756. The van der Waals surface area contributed by atoms with Crippen LogP contribution in [-0.4, -0.2) is 18.8 Å². The maximum atomic E-state index is 13.7. The molecule has 1 saturated heterocycles. The van der Waals surface area contributed by atoms with Crippen molar-refractivity contribution in [1.29, 1.82) is 0 Å². The van der Waals surface area contributed by atoms with Crippen molar-refractivity contribution in [2.75, 3.05) is 18.0 Å². The van der Waals surface area contributed by atoms with Crippen molar-refractivity contribution in [1.82, 2.24) is 0 Å². The number of rotatable bonds is 2. The molecule has 4 rings (SSSR count). The van der Waals surface area contributed by atoms with Crippen LogP contribution in [0.4, 0.5) is 15.8 Å². The van der Waals surface area contributed by atoms with E-state index in [9.17, 15) is 4.39 Å². The fourth-order valence-corrected chi connectivity index (χ4v) is 3.50. The van der Waals surface area contributed by atoms with Crippen LogP contribution in [0.1, 0.15) is 36.0 Å². The molecule has 2 aliphatic rings. The number of nitrogens with zero attached hydrogens (tertiary/aromatic N) is 2. The number of aliphatic imine (C=N–C) groups is 1. The molecule has 0 atom stereocenters. The normalized spacial score (nSPS) is 17.1. The van der Waals surface area contributed by atoms with Crippen molar-refractivity contribution >= 4 is 17.1 Å². The molecule has 1 fully saturated rings. The van der Waals surface area contributed by atoms with Crippen LogP contribution in [0, 0.1) is 12.7 Å². The topological polar surface area (TPSA) is 15.6 Å². The van der Waals surface area contributed by atoms with Crippen molar-refractivity contribution < 1.29 is 4.39 Å². The Morgan fingerprint density at radius 1 is 1.00 bits per heavy atom. The first-order valence-corrected chi connectivity index (χ1v) is 8.43. The molecule has 0 amide bonds. The van der Waals surface area contributed by atoms with Gasteiger partial charge in [-0.05, 0) is 67.1 Å². The Hall–Kier alpha value is -2.16. The number of aryl methyl sites for hydroxylation is 1. The first-order valence-electron chi connectivity index (χ1n) is 8.43. The van der Waals surface area contributed by atoms with Gasteiger partial charge in [0, 0.05) is 25.2 Å². The molecule has 2 aliphatic heterocycles. The van der Waals surface area contributed by atoms with E-state index in [0.717, 1.165) is 42.0 Å². The van der Waals surface area contributed by atoms with Gasteiger partial charge in [-0.25, -0.2) is 4.39 Å². The lowest BCUT2D eigenvalue weighted by Crippen LogP contribution is -2.29. The van der Waals surface area contributed by atoms with Crippen molar-refractivity contribution in [3.63, 3.8) is 0 Å². The van der Waals surface area contributed by atoms with Gasteiger partial charge in [-0.1, -0.05) is 12.1 Å². The van der Waals surface area contributed by atoms with E-state index in [1.165, 1.54) is 24.9 Å². The highest BCUT2D eigenvalue weighted by atomic mass is 19.1. The molecule has 0 saturated carbocycles. The van der Waals surface area contributed by atoms with Gasteiger partial charge in [0.25, 0.3) is 0 Å². The number of halogens is 1. The van der Waals surface area contributed by atoms with Gasteiger partial charge in [-0.2, -0.15) is 0 Å². The van der Waals surface area contributed by atoms with Gasteiger partial charge in [0.2, 0.25) is 0 Å². The maximum Gasteiger partial charge on any atom is 0.126 e. The standard InChI is InChI=1S/C20H21FN2/c1-14-11-19-16(12-18(14)21)13-20(22-19)15-5-7-17(8-6-15)23-9-3-2-4-10-23/h5-8,11-12H,2-4,9-10,13H2,1H3. The van der Waals surface area contributed by atoms with Crippen molar-refractivity contribution in [2.24, 2.45) is 4.99 Å².